The molecule has 0 saturated carbocycles. The van der Waals surface area contributed by atoms with Gasteiger partial charge in [-0.2, -0.15) is 0 Å². The zero-order valence-corrected chi connectivity index (χ0v) is 14.7. The highest BCUT2D eigenvalue weighted by atomic mass is 35.5. The molecule has 0 N–H and O–H groups in total. The number of carbonyl (C=O) groups is 2. The molecule has 0 radical (unpaired) electrons. The van der Waals surface area contributed by atoms with Crippen molar-refractivity contribution in [3.05, 3.63) is 54.1 Å². The summed E-state index contributed by atoms with van der Waals surface area (Å²) in [6.45, 7) is 2.04. The summed E-state index contributed by atoms with van der Waals surface area (Å²) in [6.07, 6.45) is 0.878. The van der Waals surface area contributed by atoms with Gasteiger partial charge in [-0.15, -0.1) is 11.6 Å². The fraction of sp³-hybridized carbons (Fsp3) is 0.211. The van der Waals surface area contributed by atoms with Crippen molar-refractivity contribution in [2.24, 2.45) is 4.99 Å². The highest BCUT2D eigenvalue weighted by Gasteiger charge is 2.44. The predicted molar refractivity (Wildman–Crippen MR) is 98.0 cm³/mol. The van der Waals surface area contributed by atoms with Crippen LogP contribution in [0.1, 0.15) is 12.5 Å². The van der Waals surface area contributed by atoms with Gasteiger partial charge in [0, 0.05) is 6.07 Å². The molecule has 0 aromatic heterocycles. The SMILES string of the molecule is CCc1ccc(N2C(=O)C(=Nc3cccc(OC)c3)C(Cl)C2=O)cc1. The molecule has 1 fully saturated rings. The van der Waals surface area contributed by atoms with E-state index >= 15 is 0 Å². The van der Waals surface area contributed by atoms with Crippen molar-refractivity contribution in [2.75, 3.05) is 12.0 Å². The minimum Gasteiger partial charge on any atom is -0.497 e. The lowest BCUT2D eigenvalue weighted by Crippen LogP contribution is -2.31. The van der Waals surface area contributed by atoms with E-state index in [9.17, 15) is 9.59 Å². The van der Waals surface area contributed by atoms with Crippen LogP contribution in [0, 0.1) is 0 Å². The molecular formula is C19H17ClN2O3. The van der Waals surface area contributed by atoms with E-state index in [0.29, 0.717) is 17.1 Å². The fourth-order valence-electron chi connectivity index (χ4n) is 2.60. The first-order chi connectivity index (χ1) is 12.0. The third-order valence-electron chi connectivity index (χ3n) is 4.01. The summed E-state index contributed by atoms with van der Waals surface area (Å²) >= 11 is 6.18. The van der Waals surface area contributed by atoms with Gasteiger partial charge in [-0.3, -0.25) is 9.59 Å². The number of carbonyl (C=O) groups excluding carboxylic acids is 2. The number of aliphatic imine (C=N–C) groups is 1. The molecule has 1 aliphatic heterocycles. The summed E-state index contributed by atoms with van der Waals surface area (Å²) in [7, 11) is 1.54. The number of nitrogens with zero attached hydrogens (tertiary/aromatic N) is 2. The first kappa shape index (κ1) is 17.2. The number of benzene rings is 2. The first-order valence-corrected chi connectivity index (χ1v) is 8.32. The molecule has 2 aromatic carbocycles. The van der Waals surface area contributed by atoms with Gasteiger partial charge in [-0.25, -0.2) is 9.89 Å². The minimum absolute atomic E-state index is 0.0134. The minimum atomic E-state index is -1.11. The molecule has 1 atom stereocenters. The second kappa shape index (κ2) is 7.07. The van der Waals surface area contributed by atoms with E-state index in [-0.39, 0.29) is 5.71 Å². The molecule has 0 aliphatic carbocycles. The van der Waals surface area contributed by atoms with Crippen molar-refractivity contribution in [1.82, 2.24) is 0 Å². The Morgan fingerprint density at radius 3 is 2.52 bits per heavy atom. The lowest BCUT2D eigenvalue weighted by molar-refractivity contribution is -0.120. The van der Waals surface area contributed by atoms with Gasteiger partial charge < -0.3 is 4.74 Å². The molecule has 1 saturated heterocycles. The van der Waals surface area contributed by atoms with Crippen LogP contribution in [0.15, 0.2) is 53.5 Å². The second-order valence-electron chi connectivity index (χ2n) is 5.56. The highest BCUT2D eigenvalue weighted by Crippen LogP contribution is 2.28. The monoisotopic (exact) mass is 356 g/mol. The van der Waals surface area contributed by atoms with E-state index in [4.69, 9.17) is 16.3 Å². The number of hydrogen-bond acceptors (Lipinski definition) is 4. The normalized spacial score (nSPS) is 18.9. The van der Waals surface area contributed by atoms with E-state index in [1.165, 1.54) is 0 Å². The Hall–Kier alpha value is -2.66. The van der Waals surface area contributed by atoms with Crippen molar-refractivity contribution < 1.29 is 14.3 Å². The average molecular weight is 357 g/mol. The van der Waals surface area contributed by atoms with Crippen LogP contribution in [0.5, 0.6) is 5.75 Å². The maximum atomic E-state index is 12.7. The van der Waals surface area contributed by atoms with Gasteiger partial charge in [-0.1, -0.05) is 25.1 Å². The predicted octanol–water partition coefficient (Wildman–Crippen LogP) is 3.51. The molecule has 25 heavy (non-hydrogen) atoms. The number of amides is 2. The quantitative estimate of drug-likeness (QED) is 0.622. The van der Waals surface area contributed by atoms with Gasteiger partial charge in [0.2, 0.25) is 0 Å². The number of hydrogen-bond donors (Lipinski definition) is 0. The topological polar surface area (TPSA) is 59.0 Å². The second-order valence-corrected chi connectivity index (χ2v) is 6.00. The van der Waals surface area contributed by atoms with E-state index in [2.05, 4.69) is 4.99 Å². The Morgan fingerprint density at radius 2 is 1.88 bits per heavy atom. The Labute approximate surface area is 150 Å². The van der Waals surface area contributed by atoms with Crippen LogP contribution < -0.4 is 9.64 Å². The molecule has 1 aliphatic rings. The van der Waals surface area contributed by atoms with Crippen LogP contribution in [0.3, 0.4) is 0 Å². The molecule has 6 heteroatoms. The molecule has 2 amide bonds. The maximum absolute atomic E-state index is 12.7. The van der Waals surface area contributed by atoms with Gasteiger partial charge >= 0.3 is 0 Å². The molecule has 0 bridgehead atoms. The van der Waals surface area contributed by atoms with Crippen LogP contribution in [0.2, 0.25) is 0 Å². The number of aryl methyl sites for hydroxylation is 1. The molecule has 128 valence electrons. The number of rotatable bonds is 4. The zero-order valence-electron chi connectivity index (χ0n) is 13.9. The third kappa shape index (κ3) is 3.28. The molecule has 0 spiro atoms. The van der Waals surface area contributed by atoms with Crippen molar-refractivity contribution in [2.45, 2.75) is 18.7 Å². The van der Waals surface area contributed by atoms with Crippen LogP contribution >= 0.6 is 11.6 Å². The van der Waals surface area contributed by atoms with Crippen LogP contribution in [0.4, 0.5) is 11.4 Å². The van der Waals surface area contributed by atoms with Gasteiger partial charge in [0.05, 0.1) is 18.5 Å². The largest absolute Gasteiger partial charge is 0.497 e. The summed E-state index contributed by atoms with van der Waals surface area (Å²) in [5, 5.41) is -1.11. The number of alkyl halides is 1. The molecule has 1 unspecified atom stereocenters. The Morgan fingerprint density at radius 1 is 1.16 bits per heavy atom. The van der Waals surface area contributed by atoms with Gasteiger partial charge in [-0.05, 0) is 36.2 Å². The van der Waals surface area contributed by atoms with E-state index in [0.717, 1.165) is 16.9 Å². The van der Waals surface area contributed by atoms with E-state index in [1.807, 2.05) is 19.1 Å². The first-order valence-electron chi connectivity index (χ1n) is 7.89. The van der Waals surface area contributed by atoms with Gasteiger partial charge in [0.15, 0.2) is 5.38 Å². The van der Waals surface area contributed by atoms with E-state index < -0.39 is 17.2 Å². The average Bonchev–Trinajstić information content (AvgIpc) is 2.85. The van der Waals surface area contributed by atoms with Gasteiger partial charge in [0.25, 0.3) is 11.8 Å². The lowest BCUT2D eigenvalue weighted by atomic mass is 10.1. The lowest BCUT2D eigenvalue weighted by Gasteiger charge is -2.13. The molecular weight excluding hydrogens is 340 g/mol. The summed E-state index contributed by atoms with van der Waals surface area (Å²) in [5.41, 5.74) is 2.13. The fourth-order valence-corrected chi connectivity index (χ4v) is 2.84. The number of methoxy groups -OCH3 is 1. The van der Waals surface area contributed by atoms with Crippen LogP contribution in [0.25, 0.3) is 0 Å². The Kier molecular flexibility index (Phi) is 4.86. The third-order valence-corrected chi connectivity index (χ3v) is 4.40. The number of anilines is 1. The number of ether oxygens (including phenoxy) is 1. The van der Waals surface area contributed by atoms with Crippen molar-refractivity contribution >= 4 is 40.5 Å². The number of imide groups is 1. The Balaban J connectivity index is 1.95. The van der Waals surface area contributed by atoms with Crippen molar-refractivity contribution in [1.29, 1.82) is 0 Å². The molecule has 5 nitrogen and oxygen atoms in total. The Bertz CT molecular complexity index is 846. The van der Waals surface area contributed by atoms with Crippen molar-refractivity contribution in [3.8, 4) is 5.75 Å². The standard InChI is InChI=1S/C19H17ClN2O3/c1-3-12-7-9-14(10-8-12)22-18(23)16(20)17(19(22)24)21-13-5-4-6-15(11-13)25-2/h4-11,16H,3H2,1-2H3. The summed E-state index contributed by atoms with van der Waals surface area (Å²) < 4.78 is 5.14. The van der Waals surface area contributed by atoms with Crippen LogP contribution in [-0.4, -0.2) is 30.0 Å². The highest BCUT2D eigenvalue weighted by molar-refractivity contribution is 6.68. The van der Waals surface area contributed by atoms with E-state index in [1.54, 1.807) is 43.5 Å². The van der Waals surface area contributed by atoms with Gasteiger partial charge in [0.1, 0.15) is 11.5 Å². The molecule has 1 heterocycles. The summed E-state index contributed by atoms with van der Waals surface area (Å²) in [5.74, 6) is -0.383. The summed E-state index contributed by atoms with van der Waals surface area (Å²) in [6, 6.07) is 14.2. The maximum Gasteiger partial charge on any atom is 0.281 e. The smallest absolute Gasteiger partial charge is 0.281 e. The number of halogens is 1. The summed E-state index contributed by atoms with van der Waals surface area (Å²) in [4.78, 5) is 30.5. The zero-order chi connectivity index (χ0) is 18.0. The molecule has 2 aromatic rings. The van der Waals surface area contributed by atoms with Crippen LogP contribution in [-0.2, 0) is 16.0 Å². The van der Waals surface area contributed by atoms with Crippen molar-refractivity contribution in [3.63, 3.8) is 0 Å². The molecule has 3 rings (SSSR count).